The first-order valence-corrected chi connectivity index (χ1v) is 6.16. The molecule has 1 heterocycles. The molecule has 1 aromatic heterocycles. The molecule has 0 atom stereocenters. The highest BCUT2D eigenvalue weighted by Gasteiger charge is 2.15. The van der Waals surface area contributed by atoms with Gasteiger partial charge in [0.2, 0.25) is 5.82 Å². The van der Waals surface area contributed by atoms with Crippen molar-refractivity contribution in [2.24, 2.45) is 0 Å². The molecule has 0 saturated carbocycles. The van der Waals surface area contributed by atoms with Gasteiger partial charge in [-0.3, -0.25) is 10.1 Å². The van der Waals surface area contributed by atoms with Gasteiger partial charge in [-0.2, -0.15) is 0 Å². The quantitative estimate of drug-likeness (QED) is 0.676. The van der Waals surface area contributed by atoms with E-state index in [1.807, 2.05) is 0 Å². The summed E-state index contributed by atoms with van der Waals surface area (Å²) in [5, 5.41) is 14.3. The zero-order valence-corrected chi connectivity index (χ0v) is 11.4. The van der Waals surface area contributed by atoms with Crippen LogP contribution in [-0.4, -0.2) is 17.0 Å². The zero-order chi connectivity index (χ0) is 14.5. The van der Waals surface area contributed by atoms with Crippen LogP contribution in [0.1, 0.15) is 5.56 Å². The fraction of sp³-hybridized carbons (Fsp3) is 0.154. The number of ether oxygens (including phenoxy) is 1. The molecule has 0 fully saturated rings. The minimum Gasteiger partial charge on any atom is -0.496 e. The molecular weight excluding hydrogens is 282 g/mol. The molecule has 0 bridgehead atoms. The van der Waals surface area contributed by atoms with Crippen molar-refractivity contribution in [1.82, 2.24) is 4.98 Å². The van der Waals surface area contributed by atoms with E-state index in [0.29, 0.717) is 10.8 Å². The number of benzene rings is 1. The van der Waals surface area contributed by atoms with Crippen molar-refractivity contribution in [2.45, 2.75) is 6.54 Å². The summed E-state index contributed by atoms with van der Waals surface area (Å²) in [5.74, 6) is 0.808. The molecule has 104 valence electrons. The molecule has 1 N–H and O–H groups in total. The van der Waals surface area contributed by atoms with Crippen molar-refractivity contribution in [3.05, 3.63) is 57.2 Å². The molecule has 2 rings (SSSR count). The summed E-state index contributed by atoms with van der Waals surface area (Å²) in [6.07, 6.45) is 1.49. The van der Waals surface area contributed by atoms with Crippen LogP contribution in [0, 0.1) is 10.1 Å². The smallest absolute Gasteiger partial charge is 0.311 e. The van der Waals surface area contributed by atoms with E-state index in [-0.39, 0.29) is 18.1 Å². The largest absolute Gasteiger partial charge is 0.496 e. The molecule has 0 saturated heterocycles. The molecule has 6 nitrogen and oxygen atoms in total. The molecule has 0 aliphatic rings. The Balaban J connectivity index is 2.24. The van der Waals surface area contributed by atoms with Gasteiger partial charge in [-0.05, 0) is 18.2 Å². The molecule has 7 heteroatoms. The summed E-state index contributed by atoms with van der Waals surface area (Å²) in [4.78, 5) is 14.4. The number of nitro groups is 1. The average molecular weight is 294 g/mol. The Labute approximate surface area is 120 Å². The molecule has 0 unspecified atom stereocenters. The average Bonchev–Trinajstić information content (AvgIpc) is 2.46. The van der Waals surface area contributed by atoms with Crippen molar-refractivity contribution >= 4 is 23.1 Å². The van der Waals surface area contributed by atoms with E-state index in [4.69, 9.17) is 16.3 Å². The van der Waals surface area contributed by atoms with E-state index in [2.05, 4.69) is 10.3 Å². The van der Waals surface area contributed by atoms with Crippen molar-refractivity contribution in [3.63, 3.8) is 0 Å². The van der Waals surface area contributed by atoms with E-state index in [9.17, 15) is 10.1 Å². The third-order valence-corrected chi connectivity index (χ3v) is 3.07. The Kier molecular flexibility index (Phi) is 4.37. The number of methoxy groups -OCH3 is 1. The summed E-state index contributed by atoms with van der Waals surface area (Å²) in [7, 11) is 1.54. The molecular formula is C13H12ClN3O3. The van der Waals surface area contributed by atoms with Gasteiger partial charge >= 0.3 is 5.69 Å². The predicted octanol–water partition coefficient (Wildman–Crippen LogP) is 3.26. The highest BCUT2D eigenvalue weighted by Crippen LogP contribution is 2.28. The number of aromatic nitrogens is 1. The van der Waals surface area contributed by atoms with E-state index in [1.165, 1.54) is 18.3 Å². The van der Waals surface area contributed by atoms with Crippen LogP contribution in [0.2, 0.25) is 5.02 Å². The molecule has 0 aliphatic carbocycles. The van der Waals surface area contributed by atoms with Crippen LogP contribution in [0.4, 0.5) is 11.5 Å². The topological polar surface area (TPSA) is 77.3 Å². The first kappa shape index (κ1) is 14.1. The van der Waals surface area contributed by atoms with Crippen molar-refractivity contribution in [2.75, 3.05) is 12.4 Å². The second kappa shape index (κ2) is 6.21. The van der Waals surface area contributed by atoms with Gasteiger partial charge in [0.05, 0.1) is 12.0 Å². The fourth-order valence-electron chi connectivity index (χ4n) is 1.75. The van der Waals surface area contributed by atoms with Crippen molar-refractivity contribution < 1.29 is 9.66 Å². The van der Waals surface area contributed by atoms with Gasteiger partial charge in [0, 0.05) is 29.4 Å². The number of hydrogen-bond acceptors (Lipinski definition) is 5. The monoisotopic (exact) mass is 293 g/mol. The van der Waals surface area contributed by atoms with Crippen LogP contribution < -0.4 is 10.1 Å². The standard InChI is InChI=1S/C13H12ClN3O3/c1-20-12-6-2-4-10(14)9(12)8-16-13-11(17(18)19)5-3-7-15-13/h2-7H,8H2,1H3,(H,15,16). The van der Waals surface area contributed by atoms with E-state index in [1.54, 1.807) is 25.3 Å². The molecule has 0 amide bonds. The molecule has 20 heavy (non-hydrogen) atoms. The molecule has 0 radical (unpaired) electrons. The summed E-state index contributed by atoms with van der Waals surface area (Å²) >= 11 is 6.10. The summed E-state index contributed by atoms with van der Waals surface area (Å²) in [6, 6.07) is 8.18. The third-order valence-electron chi connectivity index (χ3n) is 2.71. The predicted molar refractivity (Wildman–Crippen MR) is 76.2 cm³/mol. The number of hydrogen-bond donors (Lipinski definition) is 1. The maximum absolute atomic E-state index is 10.9. The normalized spacial score (nSPS) is 10.1. The minimum atomic E-state index is -0.487. The number of rotatable bonds is 5. The first-order valence-electron chi connectivity index (χ1n) is 5.78. The van der Waals surface area contributed by atoms with Crippen LogP contribution in [0.5, 0.6) is 5.75 Å². The first-order chi connectivity index (χ1) is 9.63. The highest BCUT2D eigenvalue weighted by molar-refractivity contribution is 6.31. The van der Waals surface area contributed by atoms with Crippen LogP contribution in [0.15, 0.2) is 36.5 Å². The van der Waals surface area contributed by atoms with Crippen LogP contribution in [-0.2, 0) is 6.54 Å². The fourth-order valence-corrected chi connectivity index (χ4v) is 1.99. The lowest BCUT2D eigenvalue weighted by Gasteiger charge is -2.11. The van der Waals surface area contributed by atoms with Gasteiger partial charge in [0.25, 0.3) is 0 Å². The van der Waals surface area contributed by atoms with Gasteiger partial charge in [-0.15, -0.1) is 0 Å². The molecule has 1 aromatic carbocycles. The van der Waals surface area contributed by atoms with Gasteiger partial charge in [0.1, 0.15) is 5.75 Å². The Morgan fingerprint density at radius 3 is 2.90 bits per heavy atom. The number of halogens is 1. The van der Waals surface area contributed by atoms with Crippen LogP contribution >= 0.6 is 11.6 Å². The number of nitrogens with one attached hydrogen (secondary N) is 1. The lowest BCUT2D eigenvalue weighted by molar-refractivity contribution is -0.384. The minimum absolute atomic E-state index is 0.0847. The Hall–Kier alpha value is -2.34. The lowest BCUT2D eigenvalue weighted by Crippen LogP contribution is -2.06. The van der Waals surface area contributed by atoms with Gasteiger partial charge in [0.15, 0.2) is 0 Å². The lowest BCUT2D eigenvalue weighted by atomic mass is 10.2. The van der Waals surface area contributed by atoms with Crippen molar-refractivity contribution in [3.8, 4) is 5.75 Å². The van der Waals surface area contributed by atoms with E-state index >= 15 is 0 Å². The summed E-state index contributed by atoms with van der Waals surface area (Å²) in [6.45, 7) is 0.278. The number of nitrogens with zero attached hydrogens (tertiary/aromatic N) is 2. The van der Waals surface area contributed by atoms with Gasteiger partial charge in [-0.1, -0.05) is 17.7 Å². The molecule has 0 aliphatic heterocycles. The Morgan fingerprint density at radius 2 is 2.20 bits per heavy atom. The molecule has 0 spiro atoms. The second-order valence-electron chi connectivity index (χ2n) is 3.90. The van der Waals surface area contributed by atoms with E-state index < -0.39 is 4.92 Å². The molecule has 2 aromatic rings. The SMILES string of the molecule is COc1cccc(Cl)c1CNc1ncccc1[N+](=O)[O-]. The Morgan fingerprint density at radius 1 is 1.40 bits per heavy atom. The second-order valence-corrected chi connectivity index (χ2v) is 4.31. The van der Waals surface area contributed by atoms with Gasteiger partial charge in [-0.25, -0.2) is 4.98 Å². The van der Waals surface area contributed by atoms with Crippen LogP contribution in [0.25, 0.3) is 0 Å². The highest BCUT2D eigenvalue weighted by atomic mass is 35.5. The zero-order valence-electron chi connectivity index (χ0n) is 10.7. The maximum Gasteiger partial charge on any atom is 0.311 e. The number of anilines is 1. The summed E-state index contributed by atoms with van der Waals surface area (Å²) in [5.41, 5.74) is 0.634. The number of pyridine rings is 1. The van der Waals surface area contributed by atoms with E-state index in [0.717, 1.165) is 5.56 Å². The summed E-state index contributed by atoms with van der Waals surface area (Å²) < 4.78 is 5.21. The Bertz CT molecular complexity index is 634. The van der Waals surface area contributed by atoms with Crippen LogP contribution in [0.3, 0.4) is 0 Å². The van der Waals surface area contributed by atoms with Crippen molar-refractivity contribution in [1.29, 1.82) is 0 Å². The van der Waals surface area contributed by atoms with Gasteiger partial charge < -0.3 is 10.1 Å². The third kappa shape index (κ3) is 2.97. The maximum atomic E-state index is 10.9.